The van der Waals surface area contributed by atoms with Gasteiger partial charge in [0.1, 0.15) is 0 Å². The van der Waals surface area contributed by atoms with Crippen LogP contribution < -0.4 is 5.32 Å². The van der Waals surface area contributed by atoms with Crippen molar-refractivity contribution in [3.8, 4) is 11.1 Å². The Balaban J connectivity index is 1.86. The molecule has 1 aromatic heterocycles. The Kier molecular flexibility index (Phi) is 8.28. The van der Waals surface area contributed by atoms with E-state index in [0.29, 0.717) is 16.7 Å². The van der Waals surface area contributed by atoms with Gasteiger partial charge in [0.05, 0.1) is 15.7 Å². The molecule has 0 spiro atoms. The van der Waals surface area contributed by atoms with Gasteiger partial charge in [-0.2, -0.15) is 0 Å². The van der Waals surface area contributed by atoms with Crippen molar-refractivity contribution in [3.05, 3.63) is 95.7 Å². The number of carbonyl (C=O) groups excluding carboxylic acids is 1. The molecule has 40 heavy (non-hydrogen) atoms. The Hall–Kier alpha value is -3.82. The fraction of sp³-hybridized carbons (Fsp3) is 0.226. The molecule has 1 N–H and O–H groups in total. The van der Waals surface area contributed by atoms with E-state index < -0.39 is 24.9 Å². The van der Waals surface area contributed by atoms with E-state index in [9.17, 15) is 21.6 Å². The van der Waals surface area contributed by atoms with E-state index in [-0.39, 0.29) is 16.8 Å². The first-order valence-corrected chi connectivity index (χ1v) is 16.6. The van der Waals surface area contributed by atoms with Gasteiger partial charge in [-0.05, 0) is 85.5 Å². The molecule has 0 radical (unpaired) electrons. The van der Waals surface area contributed by atoms with Crippen molar-refractivity contribution in [3.63, 3.8) is 0 Å². The zero-order valence-corrected chi connectivity index (χ0v) is 24.7. The molecule has 0 fully saturated rings. The van der Waals surface area contributed by atoms with E-state index in [1.165, 1.54) is 18.4 Å². The highest BCUT2D eigenvalue weighted by atomic mass is 32.2. The van der Waals surface area contributed by atoms with Crippen molar-refractivity contribution in [2.75, 3.05) is 12.5 Å². The standard InChI is InChI=1S/C31H32N2O5S2/c1-20(2)33-31(34)29(23-11-13-27(14-12-23)40(5,37)38)17-22-8-6-9-24(16-22)28-19-26(21(3)39(4,35)36)18-25-10-7-15-32-30(25)28/h6-21H,1-5H3,(H,33,34)/b29-17-. The number of fused-ring (bicyclic) bond motifs is 1. The Morgan fingerprint density at radius 3 is 2.20 bits per heavy atom. The van der Waals surface area contributed by atoms with Crippen LogP contribution in [-0.2, 0) is 24.5 Å². The van der Waals surface area contributed by atoms with Crippen molar-refractivity contribution < 1.29 is 21.6 Å². The number of aromatic nitrogens is 1. The van der Waals surface area contributed by atoms with Gasteiger partial charge in [0.15, 0.2) is 19.7 Å². The molecule has 4 rings (SSSR count). The summed E-state index contributed by atoms with van der Waals surface area (Å²) in [4.78, 5) is 18.0. The molecule has 0 aliphatic heterocycles. The lowest BCUT2D eigenvalue weighted by Crippen LogP contribution is -2.30. The molecule has 1 heterocycles. The second kappa shape index (κ2) is 11.3. The lowest BCUT2D eigenvalue weighted by Gasteiger charge is -2.15. The average Bonchev–Trinajstić information content (AvgIpc) is 2.89. The molecule has 1 unspecified atom stereocenters. The lowest BCUT2D eigenvalue weighted by atomic mass is 9.95. The summed E-state index contributed by atoms with van der Waals surface area (Å²) in [5.74, 6) is -0.288. The van der Waals surface area contributed by atoms with Gasteiger partial charge >= 0.3 is 0 Å². The topological polar surface area (TPSA) is 110 Å². The van der Waals surface area contributed by atoms with Crippen LogP contribution >= 0.6 is 0 Å². The Morgan fingerprint density at radius 1 is 0.875 bits per heavy atom. The fourth-order valence-electron chi connectivity index (χ4n) is 4.38. The highest BCUT2D eigenvalue weighted by Crippen LogP contribution is 2.34. The van der Waals surface area contributed by atoms with Crippen LogP contribution in [0, 0.1) is 0 Å². The summed E-state index contributed by atoms with van der Waals surface area (Å²) in [7, 11) is -6.70. The monoisotopic (exact) mass is 576 g/mol. The molecule has 0 aliphatic rings. The van der Waals surface area contributed by atoms with Crippen LogP contribution in [0.2, 0.25) is 0 Å². The number of hydrogen-bond acceptors (Lipinski definition) is 6. The van der Waals surface area contributed by atoms with Gasteiger partial charge < -0.3 is 5.32 Å². The molecule has 0 bridgehead atoms. The van der Waals surface area contributed by atoms with Crippen LogP contribution in [0.25, 0.3) is 33.7 Å². The maximum atomic E-state index is 13.2. The summed E-state index contributed by atoms with van der Waals surface area (Å²) in [5, 5.41) is 3.05. The zero-order chi connectivity index (χ0) is 29.2. The third-order valence-corrected chi connectivity index (χ3v) is 9.29. The molecule has 3 aromatic carbocycles. The van der Waals surface area contributed by atoms with Gasteiger partial charge in [-0.15, -0.1) is 0 Å². The summed E-state index contributed by atoms with van der Waals surface area (Å²) >= 11 is 0. The van der Waals surface area contributed by atoms with Crippen LogP contribution in [0.5, 0.6) is 0 Å². The second-order valence-electron chi connectivity index (χ2n) is 10.2. The molecule has 9 heteroatoms. The van der Waals surface area contributed by atoms with Gasteiger partial charge in [0.2, 0.25) is 0 Å². The van der Waals surface area contributed by atoms with Crippen LogP contribution in [0.4, 0.5) is 0 Å². The minimum Gasteiger partial charge on any atom is -0.350 e. The predicted octanol–water partition coefficient (Wildman–Crippen LogP) is 5.48. The van der Waals surface area contributed by atoms with E-state index in [4.69, 9.17) is 0 Å². The number of nitrogens with zero attached hydrogens (tertiary/aromatic N) is 1. The third-order valence-electron chi connectivity index (χ3n) is 6.61. The second-order valence-corrected chi connectivity index (χ2v) is 14.6. The number of sulfone groups is 2. The van der Waals surface area contributed by atoms with Crippen LogP contribution in [-0.4, -0.2) is 46.3 Å². The molecule has 0 saturated heterocycles. The van der Waals surface area contributed by atoms with Gasteiger partial charge in [-0.1, -0.05) is 36.4 Å². The number of nitrogens with one attached hydrogen (secondary N) is 1. The van der Waals surface area contributed by atoms with E-state index >= 15 is 0 Å². The average molecular weight is 577 g/mol. The summed E-state index contributed by atoms with van der Waals surface area (Å²) in [6, 6.07) is 21.1. The number of rotatable bonds is 8. The maximum absolute atomic E-state index is 13.2. The van der Waals surface area contributed by atoms with E-state index in [0.717, 1.165) is 33.8 Å². The molecule has 4 aromatic rings. The fourth-order valence-corrected chi connectivity index (χ4v) is 5.64. The Bertz CT molecular complexity index is 1830. The zero-order valence-electron chi connectivity index (χ0n) is 23.0. The highest BCUT2D eigenvalue weighted by molar-refractivity contribution is 7.91. The SMILES string of the molecule is CC(C)NC(=O)/C(=C\c1cccc(-c2cc(C(C)S(C)(=O)=O)cc3cccnc23)c1)c1ccc(S(C)(=O)=O)cc1. The number of hydrogen-bond donors (Lipinski definition) is 1. The van der Waals surface area contributed by atoms with E-state index in [1.807, 2.05) is 62.4 Å². The number of pyridine rings is 1. The highest BCUT2D eigenvalue weighted by Gasteiger charge is 2.20. The van der Waals surface area contributed by atoms with Gasteiger partial charge in [-0.3, -0.25) is 9.78 Å². The molecule has 0 saturated carbocycles. The van der Waals surface area contributed by atoms with Crippen molar-refractivity contribution in [1.82, 2.24) is 10.3 Å². The molecular formula is C31H32N2O5S2. The van der Waals surface area contributed by atoms with Crippen LogP contribution in [0.3, 0.4) is 0 Å². The summed E-state index contributed by atoms with van der Waals surface area (Å²) in [6.45, 7) is 5.40. The normalized spacial score (nSPS) is 13.4. The third kappa shape index (κ3) is 6.66. The number of amides is 1. The number of benzene rings is 3. The van der Waals surface area contributed by atoms with Crippen LogP contribution in [0.15, 0.2) is 83.9 Å². The Labute approximate surface area is 235 Å². The predicted molar refractivity (Wildman–Crippen MR) is 161 cm³/mol. The minimum atomic E-state index is -3.38. The van der Waals surface area contributed by atoms with Crippen LogP contribution in [0.1, 0.15) is 42.7 Å². The van der Waals surface area contributed by atoms with Gasteiger partial charge in [0, 0.05) is 41.3 Å². The first-order valence-electron chi connectivity index (χ1n) is 12.7. The van der Waals surface area contributed by atoms with Crippen molar-refractivity contribution in [2.24, 2.45) is 0 Å². The molecule has 1 amide bonds. The Morgan fingerprint density at radius 2 is 1.57 bits per heavy atom. The molecular weight excluding hydrogens is 544 g/mol. The molecule has 1 atom stereocenters. The van der Waals surface area contributed by atoms with Crippen molar-refractivity contribution >= 4 is 48.1 Å². The molecule has 7 nitrogen and oxygen atoms in total. The smallest absolute Gasteiger partial charge is 0.252 e. The molecule has 0 aliphatic carbocycles. The van der Waals surface area contributed by atoms with Gasteiger partial charge in [-0.25, -0.2) is 16.8 Å². The maximum Gasteiger partial charge on any atom is 0.252 e. The van der Waals surface area contributed by atoms with Crippen molar-refractivity contribution in [1.29, 1.82) is 0 Å². The van der Waals surface area contributed by atoms with Gasteiger partial charge in [0.25, 0.3) is 5.91 Å². The van der Waals surface area contributed by atoms with E-state index in [1.54, 1.807) is 31.3 Å². The van der Waals surface area contributed by atoms with E-state index in [2.05, 4.69) is 10.3 Å². The minimum absolute atomic E-state index is 0.102. The first kappa shape index (κ1) is 29.2. The molecule has 208 valence electrons. The lowest BCUT2D eigenvalue weighted by molar-refractivity contribution is -0.116. The first-order chi connectivity index (χ1) is 18.7. The summed E-state index contributed by atoms with van der Waals surface area (Å²) in [5.41, 5.74) is 4.70. The summed E-state index contributed by atoms with van der Waals surface area (Å²) < 4.78 is 48.6. The number of carbonyl (C=O) groups is 1. The quantitative estimate of drug-likeness (QED) is 0.220. The summed E-state index contributed by atoms with van der Waals surface area (Å²) in [6.07, 6.45) is 5.82. The van der Waals surface area contributed by atoms with Crippen molar-refractivity contribution in [2.45, 2.75) is 37.0 Å². The largest absolute Gasteiger partial charge is 0.350 e.